The van der Waals surface area contributed by atoms with Crippen LogP contribution in [-0.2, 0) is 27.2 Å². The third-order valence-corrected chi connectivity index (χ3v) is 6.34. The standard InChI is InChI=1S/C20H25NO5S/c1-2-11-26-20(25)16-14-9-5-6-10-15(14)27-18(16)21-17(22)12-7-3-4-8-13(12)19(23)24/h3-4,12-13H,2,5-11H2,1H3,(H,21,22)(H,23,24). The van der Waals surface area contributed by atoms with Gasteiger partial charge in [-0.25, -0.2) is 4.79 Å². The van der Waals surface area contributed by atoms with E-state index < -0.39 is 23.8 Å². The Kier molecular flexibility index (Phi) is 6.31. The number of aliphatic carboxylic acids is 1. The van der Waals surface area contributed by atoms with Crippen molar-refractivity contribution in [3.05, 3.63) is 28.2 Å². The lowest BCUT2D eigenvalue weighted by Gasteiger charge is -2.24. The van der Waals surface area contributed by atoms with Crippen LogP contribution >= 0.6 is 11.3 Å². The van der Waals surface area contributed by atoms with Gasteiger partial charge < -0.3 is 15.2 Å². The minimum atomic E-state index is -0.965. The van der Waals surface area contributed by atoms with E-state index in [1.54, 1.807) is 6.08 Å². The molecule has 2 unspecified atom stereocenters. The first-order valence-electron chi connectivity index (χ1n) is 9.53. The second-order valence-corrected chi connectivity index (χ2v) is 8.14. The van der Waals surface area contributed by atoms with Gasteiger partial charge in [-0.05, 0) is 50.5 Å². The van der Waals surface area contributed by atoms with Crippen molar-refractivity contribution in [2.24, 2.45) is 11.8 Å². The highest BCUT2D eigenvalue weighted by Gasteiger charge is 2.35. The molecule has 1 aromatic heterocycles. The van der Waals surface area contributed by atoms with E-state index in [1.165, 1.54) is 11.3 Å². The summed E-state index contributed by atoms with van der Waals surface area (Å²) in [7, 11) is 0. The molecule has 0 saturated carbocycles. The fourth-order valence-electron chi connectivity index (χ4n) is 3.72. The molecule has 3 rings (SSSR count). The van der Waals surface area contributed by atoms with Crippen LogP contribution in [0.25, 0.3) is 0 Å². The number of ether oxygens (including phenoxy) is 1. The van der Waals surface area contributed by atoms with Crippen LogP contribution in [-0.4, -0.2) is 29.6 Å². The van der Waals surface area contributed by atoms with E-state index in [9.17, 15) is 19.5 Å². The summed E-state index contributed by atoms with van der Waals surface area (Å²) in [4.78, 5) is 38.1. The van der Waals surface area contributed by atoms with Crippen molar-refractivity contribution < 1.29 is 24.2 Å². The molecule has 27 heavy (non-hydrogen) atoms. The first kappa shape index (κ1) is 19.6. The number of esters is 1. The van der Waals surface area contributed by atoms with Gasteiger partial charge in [-0.15, -0.1) is 11.3 Å². The topological polar surface area (TPSA) is 92.7 Å². The van der Waals surface area contributed by atoms with Gasteiger partial charge in [0, 0.05) is 4.88 Å². The van der Waals surface area contributed by atoms with E-state index in [-0.39, 0.29) is 5.91 Å². The zero-order valence-corrected chi connectivity index (χ0v) is 16.3. The molecule has 0 fully saturated rings. The van der Waals surface area contributed by atoms with Crippen LogP contribution in [0.4, 0.5) is 5.00 Å². The minimum Gasteiger partial charge on any atom is -0.481 e. The van der Waals surface area contributed by atoms with Crippen molar-refractivity contribution in [2.75, 3.05) is 11.9 Å². The largest absolute Gasteiger partial charge is 0.481 e. The predicted molar refractivity (Wildman–Crippen MR) is 103 cm³/mol. The van der Waals surface area contributed by atoms with Gasteiger partial charge in [-0.2, -0.15) is 0 Å². The molecule has 0 aromatic carbocycles. The van der Waals surface area contributed by atoms with Crippen molar-refractivity contribution in [2.45, 2.75) is 51.9 Å². The maximum Gasteiger partial charge on any atom is 0.341 e. The first-order valence-corrected chi connectivity index (χ1v) is 10.3. The molecule has 7 heteroatoms. The summed E-state index contributed by atoms with van der Waals surface area (Å²) in [6.45, 7) is 2.27. The number of anilines is 1. The van der Waals surface area contributed by atoms with Crippen LogP contribution in [0.3, 0.4) is 0 Å². The van der Waals surface area contributed by atoms with Gasteiger partial charge >= 0.3 is 11.9 Å². The Morgan fingerprint density at radius 1 is 1.19 bits per heavy atom. The summed E-state index contributed by atoms with van der Waals surface area (Å²) in [5.74, 6) is -3.07. The van der Waals surface area contributed by atoms with E-state index in [1.807, 2.05) is 13.0 Å². The molecular formula is C20H25NO5S. The summed E-state index contributed by atoms with van der Waals surface area (Å²) in [6.07, 6.45) is 8.91. The predicted octanol–water partition coefficient (Wildman–Crippen LogP) is 3.80. The number of carbonyl (C=O) groups excluding carboxylic acids is 2. The monoisotopic (exact) mass is 391 g/mol. The Morgan fingerprint density at radius 2 is 1.89 bits per heavy atom. The molecule has 0 radical (unpaired) electrons. The number of carbonyl (C=O) groups is 3. The molecule has 2 atom stereocenters. The molecule has 2 aliphatic rings. The Labute approximate surface area is 162 Å². The van der Waals surface area contributed by atoms with E-state index >= 15 is 0 Å². The Morgan fingerprint density at radius 3 is 2.59 bits per heavy atom. The Bertz CT molecular complexity index is 767. The number of hydrogen-bond donors (Lipinski definition) is 2. The average molecular weight is 391 g/mol. The Balaban J connectivity index is 1.86. The molecule has 1 aromatic rings. The van der Waals surface area contributed by atoms with Gasteiger partial charge in [-0.1, -0.05) is 19.1 Å². The second-order valence-electron chi connectivity index (χ2n) is 7.03. The number of fused-ring (bicyclic) bond motifs is 1. The molecular weight excluding hydrogens is 366 g/mol. The van der Waals surface area contributed by atoms with Gasteiger partial charge in [0.2, 0.25) is 5.91 Å². The van der Waals surface area contributed by atoms with Crippen LogP contribution in [0.5, 0.6) is 0 Å². The third kappa shape index (κ3) is 4.24. The highest BCUT2D eigenvalue weighted by atomic mass is 32.1. The fourth-order valence-corrected chi connectivity index (χ4v) is 5.00. The number of rotatable bonds is 6. The lowest BCUT2D eigenvalue weighted by atomic mass is 9.82. The number of carboxylic acids is 1. The second kappa shape index (κ2) is 8.69. The maximum absolute atomic E-state index is 12.8. The highest BCUT2D eigenvalue weighted by Crippen LogP contribution is 2.39. The number of nitrogens with one attached hydrogen (secondary N) is 1. The summed E-state index contributed by atoms with van der Waals surface area (Å²) in [6, 6.07) is 0. The first-order chi connectivity index (χ1) is 13.0. The Hall–Kier alpha value is -2.15. The molecule has 146 valence electrons. The summed E-state index contributed by atoms with van der Waals surface area (Å²) in [5, 5.41) is 12.8. The number of hydrogen-bond acceptors (Lipinski definition) is 5. The van der Waals surface area contributed by atoms with Crippen molar-refractivity contribution in [1.29, 1.82) is 0 Å². The molecule has 1 heterocycles. The van der Waals surface area contributed by atoms with Crippen LogP contribution in [0, 0.1) is 11.8 Å². The molecule has 0 aliphatic heterocycles. The molecule has 0 saturated heterocycles. The van der Waals surface area contributed by atoms with Gasteiger partial charge in [0.05, 0.1) is 24.0 Å². The van der Waals surface area contributed by atoms with Crippen LogP contribution in [0.1, 0.15) is 59.8 Å². The zero-order chi connectivity index (χ0) is 19.4. The normalized spacial score (nSPS) is 21.4. The van der Waals surface area contributed by atoms with Crippen LogP contribution in [0.15, 0.2) is 12.2 Å². The highest BCUT2D eigenvalue weighted by molar-refractivity contribution is 7.17. The zero-order valence-electron chi connectivity index (χ0n) is 15.5. The van der Waals surface area contributed by atoms with Crippen LogP contribution in [0.2, 0.25) is 0 Å². The maximum atomic E-state index is 12.8. The number of allylic oxidation sites excluding steroid dienone is 2. The van der Waals surface area contributed by atoms with E-state index in [4.69, 9.17) is 4.74 Å². The lowest BCUT2D eigenvalue weighted by Crippen LogP contribution is -2.34. The molecule has 0 spiro atoms. The van der Waals surface area contributed by atoms with Crippen molar-refractivity contribution in [3.8, 4) is 0 Å². The van der Waals surface area contributed by atoms with Crippen LogP contribution < -0.4 is 5.32 Å². The smallest absolute Gasteiger partial charge is 0.341 e. The van der Waals surface area contributed by atoms with Gasteiger partial charge in [0.15, 0.2) is 0 Å². The molecule has 0 bridgehead atoms. The van der Waals surface area contributed by atoms with Gasteiger partial charge in [-0.3, -0.25) is 9.59 Å². The SMILES string of the molecule is CCCOC(=O)c1c(NC(=O)C2CC=CCC2C(=O)O)sc2c1CCCC2. The van der Waals surface area contributed by atoms with Gasteiger partial charge in [0.25, 0.3) is 0 Å². The molecule has 2 aliphatic carbocycles. The van der Waals surface area contributed by atoms with Crippen molar-refractivity contribution in [3.63, 3.8) is 0 Å². The lowest BCUT2D eigenvalue weighted by molar-refractivity contribution is -0.146. The van der Waals surface area contributed by atoms with Crippen molar-refractivity contribution >= 4 is 34.2 Å². The van der Waals surface area contributed by atoms with E-state index in [0.717, 1.165) is 42.5 Å². The summed E-state index contributed by atoms with van der Waals surface area (Å²) < 4.78 is 5.34. The minimum absolute atomic E-state index is 0.338. The number of amides is 1. The summed E-state index contributed by atoms with van der Waals surface area (Å²) >= 11 is 1.43. The quantitative estimate of drug-likeness (QED) is 0.568. The summed E-state index contributed by atoms with van der Waals surface area (Å²) in [5.41, 5.74) is 1.45. The number of aryl methyl sites for hydroxylation is 1. The molecule has 2 N–H and O–H groups in total. The average Bonchev–Trinajstić information content (AvgIpc) is 3.03. The van der Waals surface area contributed by atoms with E-state index in [2.05, 4.69) is 5.32 Å². The number of carboxylic acid groups (broad SMARTS) is 1. The number of thiophene rings is 1. The fraction of sp³-hybridized carbons (Fsp3) is 0.550. The molecule has 1 amide bonds. The van der Waals surface area contributed by atoms with E-state index in [0.29, 0.717) is 30.0 Å². The molecule has 6 nitrogen and oxygen atoms in total. The third-order valence-electron chi connectivity index (χ3n) is 5.14. The van der Waals surface area contributed by atoms with Crippen molar-refractivity contribution in [1.82, 2.24) is 0 Å². The van der Waals surface area contributed by atoms with Gasteiger partial charge in [0.1, 0.15) is 5.00 Å².